The molecular formula is C18H18ClN5OS. The maximum Gasteiger partial charge on any atom is 0.237 e. The van der Waals surface area contributed by atoms with E-state index < -0.39 is 0 Å². The Morgan fingerprint density at radius 2 is 1.81 bits per heavy atom. The fourth-order valence-electron chi connectivity index (χ4n) is 2.52. The van der Waals surface area contributed by atoms with Gasteiger partial charge in [-0.15, -0.1) is 5.10 Å². The molecule has 1 N–H and O–H groups in total. The van der Waals surface area contributed by atoms with Crippen molar-refractivity contribution in [2.24, 2.45) is 0 Å². The Labute approximate surface area is 160 Å². The molecule has 1 aromatic heterocycles. The van der Waals surface area contributed by atoms with Crippen LogP contribution in [-0.2, 0) is 4.79 Å². The molecule has 134 valence electrons. The molecule has 0 radical (unpaired) electrons. The molecule has 8 heteroatoms. The topological polar surface area (TPSA) is 72.7 Å². The van der Waals surface area contributed by atoms with Crippen molar-refractivity contribution in [2.75, 3.05) is 5.32 Å². The number of para-hydroxylation sites is 1. The van der Waals surface area contributed by atoms with Crippen molar-refractivity contribution in [2.45, 2.75) is 31.2 Å². The molecule has 26 heavy (non-hydrogen) atoms. The highest BCUT2D eigenvalue weighted by Gasteiger charge is 2.20. The molecule has 0 unspecified atom stereocenters. The molecule has 0 aliphatic heterocycles. The van der Waals surface area contributed by atoms with Crippen molar-refractivity contribution in [3.63, 3.8) is 0 Å². The van der Waals surface area contributed by atoms with Crippen LogP contribution in [0.2, 0.25) is 5.02 Å². The average molecular weight is 388 g/mol. The van der Waals surface area contributed by atoms with Crippen LogP contribution in [0.1, 0.15) is 18.1 Å². The third kappa shape index (κ3) is 4.05. The van der Waals surface area contributed by atoms with Crippen molar-refractivity contribution >= 4 is 35.0 Å². The largest absolute Gasteiger partial charge is 0.325 e. The van der Waals surface area contributed by atoms with E-state index in [2.05, 4.69) is 20.8 Å². The van der Waals surface area contributed by atoms with Gasteiger partial charge in [-0.25, -0.2) is 0 Å². The summed E-state index contributed by atoms with van der Waals surface area (Å²) in [5, 5.41) is 15.7. The fraction of sp³-hybridized carbons (Fsp3) is 0.222. The number of rotatable bonds is 5. The van der Waals surface area contributed by atoms with Crippen LogP contribution >= 0.6 is 23.4 Å². The molecule has 6 nitrogen and oxygen atoms in total. The molecule has 0 saturated carbocycles. The Kier molecular flexibility index (Phi) is 5.58. The van der Waals surface area contributed by atoms with E-state index in [1.54, 1.807) is 28.9 Å². The van der Waals surface area contributed by atoms with Gasteiger partial charge in [0.05, 0.1) is 10.9 Å². The Morgan fingerprint density at radius 3 is 2.46 bits per heavy atom. The maximum absolute atomic E-state index is 12.5. The second-order valence-electron chi connectivity index (χ2n) is 5.87. The molecule has 1 atom stereocenters. The van der Waals surface area contributed by atoms with Crippen molar-refractivity contribution < 1.29 is 4.79 Å². The summed E-state index contributed by atoms with van der Waals surface area (Å²) in [6.45, 7) is 5.84. The average Bonchev–Trinajstić information content (AvgIpc) is 3.04. The number of nitrogens with zero attached hydrogens (tertiary/aromatic N) is 4. The molecule has 0 aliphatic carbocycles. The number of anilines is 1. The monoisotopic (exact) mass is 387 g/mol. The normalized spacial score (nSPS) is 12.0. The molecular weight excluding hydrogens is 370 g/mol. The van der Waals surface area contributed by atoms with Crippen LogP contribution in [0.25, 0.3) is 5.69 Å². The number of hydrogen-bond acceptors (Lipinski definition) is 5. The lowest BCUT2D eigenvalue weighted by molar-refractivity contribution is -0.115. The van der Waals surface area contributed by atoms with Crippen molar-refractivity contribution in [3.05, 3.63) is 58.6 Å². The van der Waals surface area contributed by atoms with Crippen LogP contribution in [-0.4, -0.2) is 31.4 Å². The number of amides is 1. The maximum atomic E-state index is 12.5. The second kappa shape index (κ2) is 7.88. The molecule has 0 aliphatic rings. The SMILES string of the molecule is Cc1cccc(C)c1-n1nnnc1S[C@H](C)C(=O)Nc1ccc(Cl)cc1. The number of carbonyl (C=O) groups excluding carboxylic acids is 1. The number of tetrazole rings is 1. The van der Waals surface area contributed by atoms with Gasteiger partial charge in [0.15, 0.2) is 0 Å². The number of aromatic nitrogens is 4. The van der Waals surface area contributed by atoms with Gasteiger partial charge in [-0.1, -0.05) is 41.6 Å². The first-order chi connectivity index (χ1) is 12.5. The van der Waals surface area contributed by atoms with Crippen molar-refractivity contribution in [1.82, 2.24) is 20.2 Å². The lowest BCUT2D eigenvalue weighted by Gasteiger charge is -2.13. The Bertz CT molecular complexity index is 905. The van der Waals surface area contributed by atoms with Crippen LogP contribution in [0.4, 0.5) is 5.69 Å². The fourth-order valence-corrected chi connectivity index (χ4v) is 3.44. The summed E-state index contributed by atoms with van der Waals surface area (Å²) in [6.07, 6.45) is 0. The highest BCUT2D eigenvalue weighted by Crippen LogP contribution is 2.27. The molecule has 1 heterocycles. The van der Waals surface area contributed by atoms with Gasteiger partial charge in [-0.2, -0.15) is 4.68 Å². The minimum Gasteiger partial charge on any atom is -0.325 e. The smallest absolute Gasteiger partial charge is 0.237 e. The number of halogens is 1. The van der Waals surface area contributed by atoms with Crippen LogP contribution in [0.15, 0.2) is 47.6 Å². The van der Waals surface area contributed by atoms with Gasteiger partial charge in [0.1, 0.15) is 0 Å². The Balaban J connectivity index is 1.76. The predicted molar refractivity (Wildman–Crippen MR) is 104 cm³/mol. The molecule has 0 spiro atoms. The summed E-state index contributed by atoms with van der Waals surface area (Å²) in [4.78, 5) is 12.5. The van der Waals surface area contributed by atoms with Gasteiger partial charge in [0, 0.05) is 10.7 Å². The highest BCUT2D eigenvalue weighted by molar-refractivity contribution is 8.00. The van der Waals surface area contributed by atoms with Gasteiger partial charge in [-0.3, -0.25) is 4.79 Å². The van der Waals surface area contributed by atoms with E-state index >= 15 is 0 Å². The van der Waals surface area contributed by atoms with Gasteiger partial charge in [0.2, 0.25) is 11.1 Å². The standard InChI is InChI=1S/C18H18ClN5OS/c1-11-5-4-6-12(2)16(11)24-18(21-22-23-24)26-13(3)17(25)20-15-9-7-14(19)8-10-15/h4-10,13H,1-3H3,(H,20,25)/t13-/m1/s1. The van der Waals surface area contributed by atoms with Gasteiger partial charge >= 0.3 is 0 Å². The predicted octanol–water partition coefficient (Wildman–Crippen LogP) is 4.05. The first-order valence-electron chi connectivity index (χ1n) is 8.04. The second-order valence-corrected chi connectivity index (χ2v) is 7.61. The highest BCUT2D eigenvalue weighted by atomic mass is 35.5. The third-order valence-electron chi connectivity index (χ3n) is 3.86. The molecule has 0 fully saturated rings. The molecule has 3 aromatic rings. The van der Waals surface area contributed by atoms with E-state index in [-0.39, 0.29) is 11.2 Å². The molecule has 2 aromatic carbocycles. The Morgan fingerprint density at radius 1 is 1.15 bits per heavy atom. The van der Waals surface area contributed by atoms with E-state index in [0.717, 1.165) is 16.8 Å². The molecule has 0 saturated heterocycles. The lowest BCUT2D eigenvalue weighted by atomic mass is 10.1. The number of benzene rings is 2. The van der Waals surface area contributed by atoms with Crippen LogP contribution < -0.4 is 5.32 Å². The van der Waals surface area contributed by atoms with Crippen molar-refractivity contribution in [3.8, 4) is 5.69 Å². The number of aryl methyl sites for hydroxylation is 2. The first kappa shape index (κ1) is 18.4. The van der Waals surface area contributed by atoms with Crippen molar-refractivity contribution in [1.29, 1.82) is 0 Å². The minimum absolute atomic E-state index is 0.131. The summed E-state index contributed by atoms with van der Waals surface area (Å²) >= 11 is 7.17. The van der Waals surface area contributed by atoms with E-state index in [4.69, 9.17) is 11.6 Å². The van der Waals surface area contributed by atoms with Crippen LogP contribution in [0.3, 0.4) is 0 Å². The zero-order chi connectivity index (χ0) is 18.7. The van der Waals surface area contributed by atoms with E-state index in [1.807, 2.05) is 39.0 Å². The number of nitrogens with one attached hydrogen (secondary N) is 1. The van der Waals surface area contributed by atoms with E-state index in [9.17, 15) is 4.79 Å². The summed E-state index contributed by atoms with van der Waals surface area (Å²) in [7, 11) is 0. The first-order valence-corrected chi connectivity index (χ1v) is 9.29. The summed E-state index contributed by atoms with van der Waals surface area (Å²) in [5.41, 5.74) is 3.77. The summed E-state index contributed by atoms with van der Waals surface area (Å²) < 4.78 is 1.68. The zero-order valence-electron chi connectivity index (χ0n) is 14.6. The Hall–Kier alpha value is -2.38. The summed E-state index contributed by atoms with van der Waals surface area (Å²) in [5.74, 6) is -0.131. The third-order valence-corrected chi connectivity index (χ3v) is 5.14. The number of carbonyl (C=O) groups is 1. The molecule has 3 rings (SSSR count). The molecule has 1 amide bonds. The lowest BCUT2D eigenvalue weighted by Crippen LogP contribution is -2.23. The number of thioether (sulfide) groups is 1. The number of hydrogen-bond donors (Lipinski definition) is 1. The van der Waals surface area contributed by atoms with Gasteiger partial charge < -0.3 is 5.32 Å². The summed E-state index contributed by atoms with van der Waals surface area (Å²) in [6, 6.07) is 13.0. The molecule has 0 bridgehead atoms. The minimum atomic E-state index is -0.375. The van der Waals surface area contributed by atoms with E-state index in [1.165, 1.54) is 11.8 Å². The van der Waals surface area contributed by atoms with E-state index in [0.29, 0.717) is 15.9 Å². The van der Waals surface area contributed by atoms with Gasteiger partial charge in [-0.05, 0) is 66.6 Å². The van der Waals surface area contributed by atoms with Gasteiger partial charge in [0.25, 0.3) is 0 Å². The van der Waals surface area contributed by atoms with Crippen LogP contribution in [0, 0.1) is 13.8 Å². The zero-order valence-corrected chi connectivity index (χ0v) is 16.2. The van der Waals surface area contributed by atoms with Crippen LogP contribution in [0.5, 0.6) is 0 Å². The quantitative estimate of drug-likeness (QED) is 0.668.